The summed E-state index contributed by atoms with van der Waals surface area (Å²) < 4.78 is 0. The van der Waals surface area contributed by atoms with Gasteiger partial charge in [-0.05, 0) is 12.8 Å². The molecule has 0 radical (unpaired) electrons. The zero-order valence-corrected chi connectivity index (χ0v) is 9.61. The third kappa shape index (κ3) is 10.5. The molecule has 0 saturated heterocycles. The number of hydrogen-bond donors (Lipinski definition) is 2. The van der Waals surface area contributed by atoms with Gasteiger partial charge in [0, 0.05) is 18.7 Å². The Morgan fingerprint density at radius 2 is 1.94 bits per heavy atom. The van der Waals surface area contributed by atoms with Crippen LogP contribution in [-0.4, -0.2) is 23.5 Å². The number of carbonyl (C=O) groups is 2. The molecule has 0 aromatic carbocycles. The van der Waals surface area contributed by atoms with E-state index in [9.17, 15) is 9.59 Å². The summed E-state index contributed by atoms with van der Waals surface area (Å²) in [6, 6.07) is 0. The maximum Gasteiger partial charge on any atom is 0.328 e. The van der Waals surface area contributed by atoms with E-state index in [0.717, 1.165) is 18.6 Å². The highest BCUT2D eigenvalue weighted by molar-refractivity contribution is 5.93. The van der Waals surface area contributed by atoms with Gasteiger partial charge in [0.25, 0.3) is 0 Å². The van der Waals surface area contributed by atoms with E-state index < -0.39 is 5.97 Å². The molecule has 0 fully saturated rings. The predicted octanol–water partition coefficient (Wildman–Crippen LogP) is 1.88. The third-order valence-corrected chi connectivity index (χ3v) is 1.91. The van der Waals surface area contributed by atoms with Crippen molar-refractivity contribution in [3.05, 3.63) is 24.3 Å². The number of rotatable bonds is 8. The number of carboxylic acid groups (broad SMARTS) is 1. The molecule has 4 nitrogen and oxygen atoms in total. The molecule has 0 saturated carbocycles. The van der Waals surface area contributed by atoms with Crippen LogP contribution in [0.3, 0.4) is 0 Å². The lowest BCUT2D eigenvalue weighted by atomic mass is 10.2. The molecule has 0 atom stereocenters. The van der Waals surface area contributed by atoms with Crippen molar-refractivity contribution in [3.8, 4) is 0 Å². The second-order valence-electron chi connectivity index (χ2n) is 3.38. The monoisotopic (exact) mass is 225 g/mol. The molecule has 0 unspecified atom stereocenters. The molecule has 0 bridgehead atoms. The molecule has 0 heterocycles. The van der Waals surface area contributed by atoms with Crippen molar-refractivity contribution < 1.29 is 14.7 Å². The SMILES string of the molecule is CCCCC/C=C/CNC(=O)/C=C/C(=O)O. The molecule has 90 valence electrons. The molecular formula is C12H19NO3. The Balaban J connectivity index is 3.50. The maximum atomic E-state index is 11.0. The Labute approximate surface area is 96.0 Å². The first kappa shape index (κ1) is 14.4. The Morgan fingerprint density at radius 1 is 1.19 bits per heavy atom. The summed E-state index contributed by atoms with van der Waals surface area (Å²) in [5.74, 6) is -1.51. The molecule has 4 heteroatoms. The number of nitrogens with one attached hydrogen (secondary N) is 1. The zero-order chi connectivity index (χ0) is 12.2. The van der Waals surface area contributed by atoms with E-state index in [-0.39, 0.29) is 5.91 Å². The lowest BCUT2D eigenvalue weighted by Crippen LogP contribution is -2.21. The Morgan fingerprint density at radius 3 is 2.56 bits per heavy atom. The highest BCUT2D eigenvalue weighted by Crippen LogP contribution is 1.98. The van der Waals surface area contributed by atoms with Crippen LogP contribution in [-0.2, 0) is 9.59 Å². The van der Waals surface area contributed by atoms with Crippen LogP contribution in [0.2, 0.25) is 0 Å². The van der Waals surface area contributed by atoms with Gasteiger partial charge in [0.2, 0.25) is 5.91 Å². The van der Waals surface area contributed by atoms with Crippen LogP contribution in [0.15, 0.2) is 24.3 Å². The second kappa shape index (κ2) is 9.96. The number of hydrogen-bond acceptors (Lipinski definition) is 2. The number of carbonyl (C=O) groups excluding carboxylic acids is 1. The van der Waals surface area contributed by atoms with E-state index >= 15 is 0 Å². The van der Waals surface area contributed by atoms with E-state index in [4.69, 9.17) is 5.11 Å². The van der Waals surface area contributed by atoms with Crippen molar-refractivity contribution in [2.45, 2.75) is 32.6 Å². The van der Waals surface area contributed by atoms with Gasteiger partial charge in [0.15, 0.2) is 0 Å². The molecule has 0 aromatic rings. The van der Waals surface area contributed by atoms with E-state index in [2.05, 4.69) is 12.2 Å². The van der Waals surface area contributed by atoms with E-state index in [1.54, 1.807) is 0 Å². The fourth-order valence-electron chi connectivity index (χ4n) is 1.08. The van der Waals surface area contributed by atoms with E-state index in [1.165, 1.54) is 19.3 Å². The number of unbranched alkanes of at least 4 members (excludes halogenated alkanes) is 3. The predicted molar refractivity (Wildman–Crippen MR) is 63.1 cm³/mol. The first-order valence-electron chi connectivity index (χ1n) is 5.50. The first-order chi connectivity index (χ1) is 7.66. The minimum Gasteiger partial charge on any atom is -0.478 e. The third-order valence-electron chi connectivity index (χ3n) is 1.91. The summed E-state index contributed by atoms with van der Waals surface area (Å²) in [6.45, 7) is 2.59. The molecule has 0 aliphatic heterocycles. The standard InChI is InChI=1S/C12H19NO3/c1-2-3-4-5-6-7-10-13-11(14)8-9-12(15)16/h6-9H,2-5,10H2,1H3,(H,13,14)(H,15,16)/b7-6+,9-8+. The van der Waals surface area contributed by atoms with Gasteiger partial charge < -0.3 is 10.4 Å². The van der Waals surface area contributed by atoms with Gasteiger partial charge in [0.1, 0.15) is 0 Å². The Bertz CT molecular complexity index is 269. The highest BCUT2D eigenvalue weighted by atomic mass is 16.4. The van der Waals surface area contributed by atoms with Gasteiger partial charge >= 0.3 is 5.97 Å². The minimum absolute atomic E-state index is 0.388. The fraction of sp³-hybridized carbons (Fsp3) is 0.500. The number of aliphatic carboxylic acids is 1. The van der Waals surface area contributed by atoms with Crippen LogP contribution in [0, 0.1) is 0 Å². The molecule has 1 amide bonds. The number of amides is 1. The zero-order valence-electron chi connectivity index (χ0n) is 9.61. The minimum atomic E-state index is -1.12. The summed E-state index contributed by atoms with van der Waals surface area (Å²) in [6.07, 6.45) is 10.3. The molecular weight excluding hydrogens is 206 g/mol. The van der Waals surface area contributed by atoms with E-state index in [0.29, 0.717) is 6.54 Å². The average Bonchev–Trinajstić information content (AvgIpc) is 2.25. The van der Waals surface area contributed by atoms with Crippen LogP contribution in [0.5, 0.6) is 0 Å². The average molecular weight is 225 g/mol. The van der Waals surface area contributed by atoms with Crippen LogP contribution in [0.25, 0.3) is 0 Å². The molecule has 0 aromatic heterocycles. The van der Waals surface area contributed by atoms with Gasteiger partial charge in [-0.2, -0.15) is 0 Å². The lowest BCUT2D eigenvalue weighted by Gasteiger charge is -1.96. The van der Waals surface area contributed by atoms with Gasteiger partial charge in [-0.15, -0.1) is 0 Å². The van der Waals surface area contributed by atoms with Crippen LogP contribution in [0.1, 0.15) is 32.6 Å². The smallest absolute Gasteiger partial charge is 0.328 e. The molecule has 16 heavy (non-hydrogen) atoms. The van der Waals surface area contributed by atoms with Crippen LogP contribution >= 0.6 is 0 Å². The highest BCUT2D eigenvalue weighted by Gasteiger charge is 1.93. The van der Waals surface area contributed by atoms with Gasteiger partial charge in [0.05, 0.1) is 0 Å². The Hall–Kier alpha value is -1.58. The lowest BCUT2D eigenvalue weighted by molar-refractivity contribution is -0.131. The molecule has 0 aliphatic carbocycles. The van der Waals surface area contributed by atoms with Gasteiger partial charge in [-0.1, -0.05) is 31.9 Å². The quantitative estimate of drug-likeness (QED) is 0.376. The largest absolute Gasteiger partial charge is 0.478 e. The molecule has 0 aliphatic rings. The molecule has 0 rings (SSSR count). The summed E-state index contributed by atoms with van der Waals surface area (Å²) in [5.41, 5.74) is 0. The molecule has 0 spiro atoms. The van der Waals surface area contributed by atoms with Crippen molar-refractivity contribution in [2.75, 3.05) is 6.54 Å². The van der Waals surface area contributed by atoms with Gasteiger partial charge in [-0.3, -0.25) is 4.79 Å². The topological polar surface area (TPSA) is 66.4 Å². The van der Waals surface area contributed by atoms with E-state index in [1.807, 2.05) is 12.2 Å². The van der Waals surface area contributed by atoms with Crippen molar-refractivity contribution in [3.63, 3.8) is 0 Å². The van der Waals surface area contributed by atoms with Crippen molar-refractivity contribution in [2.24, 2.45) is 0 Å². The first-order valence-corrected chi connectivity index (χ1v) is 5.50. The van der Waals surface area contributed by atoms with Crippen molar-refractivity contribution in [1.29, 1.82) is 0 Å². The summed E-state index contributed by atoms with van der Waals surface area (Å²) in [7, 11) is 0. The van der Waals surface area contributed by atoms with Crippen LogP contribution in [0.4, 0.5) is 0 Å². The Kier molecular flexibility index (Phi) is 8.97. The number of carboxylic acids is 1. The molecule has 2 N–H and O–H groups in total. The van der Waals surface area contributed by atoms with Crippen LogP contribution < -0.4 is 5.32 Å². The van der Waals surface area contributed by atoms with Gasteiger partial charge in [-0.25, -0.2) is 4.79 Å². The normalized spacial score (nSPS) is 11.1. The fourth-order valence-corrected chi connectivity index (χ4v) is 1.08. The maximum absolute atomic E-state index is 11.0. The number of allylic oxidation sites excluding steroid dienone is 1. The summed E-state index contributed by atoms with van der Waals surface area (Å²) in [5, 5.41) is 10.8. The summed E-state index contributed by atoms with van der Waals surface area (Å²) in [4.78, 5) is 21.1. The van der Waals surface area contributed by atoms with Crippen molar-refractivity contribution in [1.82, 2.24) is 5.32 Å². The van der Waals surface area contributed by atoms with Crippen molar-refractivity contribution >= 4 is 11.9 Å². The second-order valence-corrected chi connectivity index (χ2v) is 3.38. The summed E-state index contributed by atoms with van der Waals surface area (Å²) >= 11 is 0.